The van der Waals surface area contributed by atoms with Crippen LogP contribution in [0.3, 0.4) is 0 Å². The number of fused-ring (bicyclic) bond motifs is 1. The normalized spacial score (nSPS) is 14.8. The molecule has 2 heterocycles. The van der Waals surface area contributed by atoms with Crippen molar-refractivity contribution in [2.24, 2.45) is 16.5 Å². The molecule has 1 atom stereocenters. The fourth-order valence-corrected chi connectivity index (χ4v) is 4.02. The molecule has 0 saturated carbocycles. The highest BCUT2D eigenvalue weighted by Crippen LogP contribution is 2.38. The van der Waals surface area contributed by atoms with Crippen molar-refractivity contribution in [3.8, 4) is 5.75 Å². The van der Waals surface area contributed by atoms with Crippen LogP contribution >= 0.6 is 0 Å². The molecule has 3 aromatic carbocycles. The molecule has 0 spiro atoms. The molecule has 4 aromatic rings. The maximum Gasteiger partial charge on any atom is 0.323 e. The van der Waals surface area contributed by atoms with E-state index in [1.807, 2.05) is 89.8 Å². The molecular formula is C26H23N5O3. The van der Waals surface area contributed by atoms with Gasteiger partial charge in [0.15, 0.2) is 0 Å². The van der Waals surface area contributed by atoms with E-state index in [-0.39, 0.29) is 0 Å². The molecule has 0 radical (unpaired) electrons. The van der Waals surface area contributed by atoms with E-state index in [9.17, 15) is 4.79 Å². The molecule has 0 bridgehead atoms. The van der Waals surface area contributed by atoms with Gasteiger partial charge in [-0.1, -0.05) is 18.2 Å². The summed E-state index contributed by atoms with van der Waals surface area (Å²) >= 11 is 0. The van der Waals surface area contributed by atoms with Gasteiger partial charge < -0.3 is 25.5 Å². The lowest BCUT2D eigenvalue weighted by Crippen LogP contribution is -2.42. The van der Waals surface area contributed by atoms with Crippen LogP contribution in [-0.4, -0.2) is 19.0 Å². The summed E-state index contributed by atoms with van der Waals surface area (Å²) in [4.78, 5) is 20.3. The molecule has 0 fully saturated rings. The molecule has 1 unspecified atom stereocenters. The summed E-state index contributed by atoms with van der Waals surface area (Å²) in [6.07, 6.45) is 1.06. The Bertz CT molecular complexity index is 1330. The van der Waals surface area contributed by atoms with Crippen LogP contribution in [0.1, 0.15) is 17.3 Å². The van der Waals surface area contributed by atoms with Gasteiger partial charge in [0.25, 0.3) is 0 Å². The summed E-state index contributed by atoms with van der Waals surface area (Å²) in [7, 11) is 1.62. The Hall–Kier alpha value is -4.56. The molecule has 0 saturated heterocycles. The number of ether oxygens (including phenoxy) is 1. The number of primary amides is 1. The van der Waals surface area contributed by atoms with Crippen molar-refractivity contribution in [2.75, 3.05) is 16.9 Å². The predicted molar refractivity (Wildman–Crippen MR) is 132 cm³/mol. The molecular weight excluding hydrogens is 430 g/mol. The van der Waals surface area contributed by atoms with Gasteiger partial charge in [-0.3, -0.25) is 4.90 Å². The number of benzene rings is 3. The second-order valence-electron chi connectivity index (χ2n) is 7.69. The van der Waals surface area contributed by atoms with Crippen LogP contribution in [0.15, 0.2) is 101 Å². The van der Waals surface area contributed by atoms with Crippen LogP contribution in [0.25, 0.3) is 0 Å². The maximum atomic E-state index is 12.2. The number of nitrogens with zero attached hydrogens (tertiary/aromatic N) is 3. The molecule has 1 aliphatic rings. The minimum absolute atomic E-state index is 0.482. The van der Waals surface area contributed by atoms with Crippen molar-refractivity contribution >= 4 is 34.8 Å². The third-order valence-corrected chi connectivity index (χ3v) is 5.68. The Kier molecular flexibility index (Phi) is 5.49. The molecule has 5 rings (SSSR count). The van der Waals surface area contributed by atoms with Crippen molar-refractivity contribution in [1.29, 1.82) is 0 Å². The first-order chi connectivity index (χ1) is 16.6. The Morgan fingerprint density at radius 2 is 1.65 bits per heavy atom. The highest BCUT2D eigenvalue weighted by molar-refractivity contribution is 6.12. The molecule has 8 heteroatoms. The Labute approximate surface area is 196 Å². The lowest BCUT2D eigenvalue weighted by atomic mass is 10.1. The number of amidine groups is 1. The predicted octanol–water partition coefficient (Wildman–Crippen LogP) is 5.06. The first-order valence-electron chi connectivity index (χ1n) is 10.7. The summed E-state index contributed by atoms with van der Waals surface area (Å²) in [6.45, 7) is 0. The lowest BCUT2D eigenvalue weighted by Gasteiger charge is -2.34. The number of rotatable bonds is 5. The first kappa shape index (κ1) is 21.3. The number of carbonyl (C=O) groups excluding carboxylic acids is 1. The summed E-state index contributed by atoms with van der Waals surface area (Å²) in [5.41, 5.74) is 16.1. The highest BCUT2D eigenvalue weighted by atomic mass is 16.5. The largest absolute Gasteiger partial charge is 0.497 e. The van der Waals surface area contributed by atoms with Gasteiger partial charge in [0.05, 0.1) is 30.3 Å². The second-order valence-corrected chi connectivity index (χ2v) is 7.69. The van der Waals surface area contributed by atoms with E-state index in [1.165, 1.54) is 4.90 Å². The van der Waals surface area contributed by atoms with Gasteiger partial charge in [-0.25, -0.2) is 4.79 Å². The third-order valence-electron chi connectivity index (χ3n) is 5.68. The molecule has 170 valence electrons. The summed E-state index contributed by atoms with van der Waals surface area (Å²) in [5, 5.41) is 0. The number of hydrogen-bond acceptors (Lipinski definition) is 6. The maximum absolute atomic E-state index is 12.2. The molecule has 8 nitrogen and oxygen atoms in total. The van der Waals surface area contributed by atoms with Crippen LogP contribution in [0, 0.1) is 0 Å². The third kappa shape index (κ3) is 3.76. The average molecular weight is 454 g/mol. The van der Waals surface area contributed by atoms with E-state index in [4.69, 9.17) is 25.6 Å². The number of furan rings is 1. The number of para-hydroxylation sites is 1. The number of hydrogen-bond donors (Lipinski definition) is 2. The minimum atomic E-state index is -0.572. The zero-order chi connectivity index (χ0) is 23.7. The van der Waals surface area contributed by atoms with Gasteiger partial charge in [0, 0.05) is 11.3 Å². The minimum Gasteiger partial charge on any atom is -0.497 e. The number of urea groups is 1. The number of aliphatic imine (C=N–C) groups is 1. The van der Waals surface area contributed by atoms with Gasteiger partial charge in [-0.15, -0.1) is 0 Å². The summed E-state index contributed by atoms with van der Waals surface area (Å²) < 4.78 is 10.8. The van der Waals surface area contributed by atoms with E-state index >= 15 is 0 Å². The Balaban J connectivity index is 1.55. The fourth-order valence-electron chi connectivity index (χ4n) is 4.02. The van der Waals surface area contributed by atoms with E-state index in [2.05, 4.69) is 0 Å². The smallest absolute Gasteiger partial charge is 0.323 e. The van der Waals surface area contributed by atoms with E-state index in [1.54, 1.807) is 13.4 Å². The Morgan fingerprint density at radius 3 is 2.29 bits per heavy atom. The molecule has 1 aliphatic heterocycles. The SMILES string of the molecule is COc1ccc(C2=Nc3occc3C(N)N2c2ccc(N(C(N)=O)c3ccccc3)cc2)cc1. The van der Waals surface area contributed by atoms with Crippen LogP contribution in [0.4, 0.5) is 27.7 Å². The van der Waals surface area contributed by atoms with Gasteiger partial charge in [0.2, 0.25) is 5.88 Å². The van der Waals surface area contributed by atoms with Gasteiger partial charge in [-0.05, 0) is 66.7 Å². The number of amides is 2. The number of nitrogens with two attached hydrogens (primary N) is 2. The van der Waals surface area contributed by atoms with E-state index < -0.39 is 12.2 Å². The second kappa shape index (κ2) is 8.76. The van der Waals surface area contributed by atoms with Gasteiger partial charge >= 0.3 is 6.03 Å². The van der Waals surface area contributed by atoms with Crippen molar-refractivity contribution in [3.63, 3.8) is 0 Å². The van der Waals surface area contributed by atoms with Crippen LogP contribution in [-0.2, 0) is 0 Å². The summed E-state index contributed by atoms with van der Waals surface area (Å²) in [6, 6.07) is 25.5. The topological polar surface area (TPSA) is 110 Å². The number of methoxy groups -OCH3 is 1. The Morgan fingerprint density at radius 1 is 0.971 bits per heavy atom. The number of carbonyl (C=O) groups is 1. The van der Waals surface area contributed by atoms with E-state index in [0.717, 1.165) is 22.6 Å². The zero-order valence-electron chi connectivity index (χ0n) is 18.5. The van der Waals surface area contributed by atoms with Crippen LogP contribution in [0.5, 0.6) is 5.75 Å². The van der Waals surface area contributed by atoms with Crippen molar-refractivity contribution in [1.82, 2.24) is 0 Å². The molecule has 34 heavy (non-hydrogen) atoms. The first-order valence-corrected chi connectivity index (χ1v) is 10.7. The van der Waals surface area contributed by atoms with Gasteiger partial charge in [0.1, 0.15) is 17.8 Å². The van der Waals surface area contributed by atoms with Crippen molar-refractivity contribution in [2.45, 2.75) is 6.17 Å². The molecule has 0 aliphatic carbocycles. The van der Waals surface area contributed by atoms with Crippen molar-refractivity contribution < 1.29 is 13.9 Å². The monoisotopic (exact) mass is 453 g/mol. The van der Waals surface area contributed by atoms with Crippen LogP contribution in [0.2, 0.25) is 0 Å². The van der Waals surface area contributed by atoms with Crippen molar-refractivity contribution in [3.05, 3.63) is 102 Å². The molecule has 2 amide bonds. The molecule has 1 aromatic heterocycles. The quantitative estimate of drug-likeness (QED) is 0.439. The summed E-state index contributed by atoms with van der Waals surface area (Å²) in [5.74, 6) is 1.86. The zero-order valence-corrected chi connectivity index (χ0v) is 18.5. The highest BCUT2D eigenvalue weighted by Gasteiger charge is 2.31. The lowest BCUT2D eigenvalue weighted by molar-refractivity contribution is 0.256. The molecule has 4 N–H and O–H groups in total. The standard InChI is InChI=1S/C26H23N5O3/c1-33-21-13-7-17(8-14-21)24-29-25-22(15-16-34-25)23(27)31(24)20-11-9-19(10-12-20)30(26(28)32)18-5-3-2-4-6-18/h2-16,23H,27H2,1H3,(H2,28,32). The fraction of sp³-hybridized carbons (Fsp3) is 0.0769. The van der Waals surface area contributed by atoms with Gasteiger partial charge in [-0.2, -0.15) is 4.99 Å². The van der Waals surface area contributed by atoms with Crippen LogP contribution < -0.4 is 26.0 Å². The average Bonchev–Trinajstić information content (AvgIpc) is 3.34. The van der Waals surface area contributed by atoms with E-state index in [0.29, 0.717) is 23.1 Å². The number of anilines is 3.